The van der Waals surface area contributed by atoms with Crippen molar-refractivity contribution in [2.45, 2.75) is 59.6 Å². The Hall–Kier alpha value is -3.61. The predicted octanol–water partition coefficient (Wildman–Crippen LogP) is 8.13. The van der Waals surface area contributed by atoms with E-state index in [0.717, 1.165) is 34.9 Å². The van der Waals surface area contributed by atoms with Gasteiger partial charge in [0, 0.05) is 23.2 Å². The SMILES string of the molecule is C=Cc1cc(NC2=NCNC(=C/C(=C\C)c3ncccc3C(F)(F)F)/C2=C(\C)CC)ccc1C(C)(C)C. The standard InChI is InChI=1S/C30H35F3N4/c1-8-19(4)26-25(17-21(10-3)27-24(30(31,32)33)12-11-15-34-27)35-18-36-28(26)37-22-13-14-23(29(5,6)7)20(9-2)16-22/h9-17,35H,2,8,18H2,1,3-7H3,(H,36,37)/b21-10+,25-17+,26-19-. The highest BCUT2D eigenvalue weighted by Crippen LogP contribution is 2.35. The number of allylic oxidation sites excluding steroid dienone is 4. The molecule has 37 heavy (non-hydrogen) atoms. The Morgan fingerprint density at radius 2 is 1.89 bits per heavy atom. The number of halogens is 3. The average molecular weight is 509 g/mol. The summed E-state index contributed by atoms with van der Waals surface area (Å²) in [6.45, 7) is 16.5. The van der Waals surface area contributed by atoms with Crippen molar-refractivity contribution in [2.75, 3.05) is 12.0 Å². The molecule has 0 amide bonds. The van der Waals surface area contributed by atoms with E-state index >= 15 is 0 Å². The van der Waals surface area contributed by atoms with Crippen LogP contribution in [0.15, 0.2) is 77.1 Å². The molecule has 7 heteroatoms. The van der Waals surface area contributed by atoms with Gasteiger partial charge in [-0.05, 0) is 72.7 Å². The van der Waals surface area contributed by atoms with Crippen molar-refractivity contribution in [1.82, 2.24) is 10.3 Å². The van der Waals surface area contributed by atoms with E-state index in [0.29, 0.717) is 17.1 Å². The van der Waals surface area contributed by atoms with Crippen LogP contribution in [-0.4, -0.2) is 17.5 Å². The van der Waals surface area contributed by atoms with Crippen LogP contribution in [0.25, 0.3) is 11.6 Å². The molecule has 0 atom stereocenters. The van der Waals surface area contributed by atoms with Crippen LogP contribution in [0, 0.1) is 0 Å². The molecule has 0 bridgehead atoms. The molecule has 0 unspecified atom stereocenters. The van der Waals surface area contributed by atoms with Crippen LogP contribution in [0.2, 0.25) is 0 Å². The highest BCUT2D eigenvalue weighted by molar-refractivity contribution is 6.12. The van der Waals surface area contributed by atoms with Crippen molar-refractivity contribution in [3.8, 4) is 0 Å². The highest BCUT2D eigenvalue weighted by Gasteiger charge is 2.34. The molecule has 2 N–H and O–H groups in total. The second-order valence-electron chi connectivity index (χ2n) is 9.93. The van der Waals surface area contributed by atoms with E-state index in [2.05, 4.69) is 54.0 Å². The maximum atomic E-state index is 13.7. The summed E-state index contributed by atoms with van der Waals surface area (Å²) in [7, 11) is 0. The number of nitrogens with zero attached hydrogens (tertiary/aromatic N) is 2. The summed E-state index contributed by atoms with van der Waals surface area (Å²) in [4.78, 5) is 8.74. The normalized spacial score (nSPS) is 17.3. The Morgan fingerprint density at radius 3 is 2.49 bits per heavy atom. The summed E-state index contributed by atoms with van der Waals surface area (Å²) >= 11 is 0. The molecule has 1 aromatic heterocycles. The van der Waals surface area contributed by atoms with Crippen molar-refractivity contribution in [3.05, 3.63) is 94.5 Å². The number of pyridine rings is 1. The zero-order valence-electron chi connectivity index (χ0n) is 22.3. The lowest BCUT2D eigenvalue weighted by molar-refractivity contribution is -0.138. The number of aromatic nitrogens is 1. The van der Waals surface area contributed by atoms with Gasteiger partial charge < -0.3 is 10.6 Å². The van der Waals surface area contributed by atoms with Crippen molar-refractivity contribution in [1.29, 1.82) is 0 Å². The van der Waals surface area contributed by atoms with E-state index in [1.54, 1.807) is 19.1 Å². The summed E-state index contributed by atoms with van der Waals surface area (Å²) in [5, 5.41) is 6.70. The first-order valence-corrected chi connectivity index (χ1v) is 12.3. The number of hydrogen-bond acceptors (Lipinski definition) is 4. The predicted molar refractivity (Wildman–Crippen MR) is 148 cm³/mol. The van der Waals surface area contributed by atoms with E-state index in [1.165, 1.54) is 17.8 Å². The number of anilines is 1. The zero-order chi connectivity index (χ0) is 27.4. The van der Waals surface area contributed by atoms with E-state index in [-0.39, 0.29) is 17.8 Å². The molecule has 0 aliphatic carbocycles. The number of amidine groups is 1. The Kier molecular flexibility index (Phi) is 8.46. The third-order valence-electron chi connectivity index (χ3n) is 6.31. The second kappa shape index (κ2) is 11.2. The summed E-state index contributed by atoms with van der Waals surface area (Å²) in [5.41, 5.74) is 5.13. The summed E-state index contributed by atoms with van der Waals surface area (Å²) < 4.78 is 41.1. The van der Waals surface area contributed by atoms with Gasteiger partial charge in [0.1, 0.15) is 12.5 Å². The third-order valence-corrected chi connectivity index (χ3v) is 6.31. The maximum absolute atomic E-state index is 13.7. The Morgan fingerprint density at radius 1 is 1.16 bits per heavy atom. The minimum absolute atomic E-state index is 0.0300. The van der Waals surface area contributed by atoms with Crippen LogP contribution >= 0.6 is 0 Å². The van der Waals surface area contributed by atoms with Crippen LogP contribution in [0.5, 0.6) is 0 Å². The molecule has 0 saturated carbocycles. The van der Waals surface area contributed by atoms with Crippen molar-refractivity contribution in [3.63, 3.8) is 0 Å². The fraction of sp³-hybridized carbons (Fsp3) is 0.333. The molecule has 0 saturated heterocycles. The van der Waals surface area contributed by atoms with Gasteiger partial charge in [0.05, 0.1) is 11.3 Å². The summed E-state index contributed by atoms with van der Waals surface area (Å²) in [6, 6.07) is 8.50. The van der Waals surface area contributed by atoms with Crippen molar-refractivity contribution in [2.24, 2.45) is 4.99 Å². The van der Waals surface area contributed by atoms with Gasteiger partial charge in [-0.15, -0.1) is 0 Å². The van der Waals surface area contributed by atoms with E-state index in [1.807, 2.05) is 32.1 Å². The lowest BCUT2D eigenvalue weighted by Gasteiger charge is -2.26. The van der Waals surface area contributed by atoms with Gasteiger partial charge in [0.15, 0.2) is 0 Å². The van der Waals surface area contributed by atoms with Crippen molar-refractivity contribution < 1.29 is 13.2 Å². The minimum Gasteiger partial charge on any atom is -0.366 e. The van der Waals surface area contributed by atoms with E-state index < -0.39 is 11.7 Å². The molecule has 2 heterocycles. The quantitative estimate of drug-likeness (QED) is 0.429. The van der Waals surface area contributed by atoms with Crippen LogP contribution < -0.4 is 10.6 Å². The number of aliphatic imine (C=N–C) groups is 1. The molecule has 196 valence electrons. The van der Waals surface area contributed by atoms with Gasteiger partial charge in [0.25, 0.3) is 0 Å². The van der Waals surface area contributed by atoms with Crippen molar-refractivity contribution >= 4 is 23.2 Å². The molecule has 2 aromatic rings. The number of hydrogen-bond donors (Lipinski definition) is 2. The lowest BCUT2D eigenvalue weighted by Crippen LogP contribution is -2.31. The smallest absolute Gasteiger partial charge is 0.366 e. The molecule has 1 aromatic carbocycles. The maximum Gasteiger partial charge on any atom is 0.418 e. The van der Waals surface area contributed by atoms with Crippen LogP contribution in [0.1, 0.15) is 70.3 Å². The summed E-state index contributed by atoms with van der Waals surface area (Å²) in [6.07, 6.45) is 2.83. The first-order chi connectivity index (χ1) is 17.4. The summed E-state index contributed by atoms with van der Waals surface area (Å²) in [5.74, 6) is 0.662. The highest BCUT2D eigenvalue weighted by atomic mass is 19.4. The third kappa shape index (κ3) is 6.40. The van der Waals surface area contributed by atoms with Crippen LogP contribution in [0.4, 0.5) is 18.9 Å². The fourth-order valence-corrected chi connectivity index (χ4v) is 4.27. The Labute approximate surface area is 217 Å². The van der Waals surface area contributed by atoms with Gasteiger partial charge in [-0.1, -0.05) is 58.1 Å². The second-order valence-corrected chi connectivity index (χ2v) is 9.93. The molecule has 1 aliphatic heterocycles. The average Bonchev–Trinajstić information content (AvgIpc) is 2.85. The van der Waals surface area contributed by atoms with Crippen LogP contribution in [-0.2, 0) is 11.6 Å². The molecule has 4 nitrogen and oxygen atoms in total. The number of nitrogens with one attached hydrogen (secondary N) is 2. The largest absolute Gasteiger partial charge is 0.418 e. The Balaban J connectivity index is 2.05. The Bertz CT molecular complexity index is 1290. The molecular formula is C30H35F3N4. The first kappa shape index (κ1) is 28.0. The molecule has 1 aliphatic rings. The number of alkyl halides is 3. The topological polar surface area (TPSA) is 49.3 Å². The number of rotatable bonds is 5. The molecular weight excluding hydrogens is 473 g/mol. The van der Waals surface area contributed by atoms with Gasteiger partial charge in [-0.2, -0.15) is 13.2 Å². The lowest BCUT2D eigenvalue weighted by atomic mass is 9.83. The zero-order valence-corrected chi connectivity index (χ0v) is 22.3. The molecule has 0 fully saturated rings. The monoisotopic (exact) mass is 508 g/mol. The van der Waals surface area contributed by atoms with E-state index in [9.17, 15) is 13.2 Å². The molecule has 0 radical (unpaired) electrons. The van der Waals surface area contributed by atoms with Gasteiger partial charge in [-0.25, -0.2) is 4.99 Å². The minimum atomic E-state index is -4.51. The number of benzene rings is 1. The van der Waals surface area contributed by atoms with E-state index in [4.69, 9.17) is 0 Å². The van der Waals surface area contributed by atoms with Gasteiger partial charge >= 0.3 is 6.18 Å². The van der Waals surface area contributed by atoms with Crippen LogP contribution in [0.3, 0.4) is 0 Å². The molecule has 0 spiro atoms. The molecule has 3 rings (SSSR count). The van der Waals surface area contributed by atoms with Gasteiger partial charge in [-0.3, -0.25) is 4.98 Å². The first-order valence-electron chi connectivity index (χ1n) is 12.3. The fourth-order valence-electron chi connectivity index (χ4n) is 4.27. The van der Waals surface area contributed by atoms with Gasteiger partial charge in [0.2, 0.25) is 0 Å².